The van der Waals surface area contributed by atoms with Crippen molar-refractivity contribution in [3.63, 3.8) is 0 Å². The van der Waals surface area contributed by atoms with E-state index < -0.39 is 18.6 Å². The van der Waals surface area contributed by atoms with E-state index in [1.165, 1.54) is 24.5 Å². The van der Waals surface area contributed by atoms with Crippen molar-refractivity contribution in [2.75, 3.05) is 0 Å². The van der Waals surface area contributed by atoms with E-state index in [0.717, 1.165) is 0 Å². The van der Waals surface area contributed by atoms with Gasteiger partial charge in [0, 0.05) is 18.4 Å². The van der Waals surface area contributed by atoms with Crippen molar-refractivity contribution in [3.05, 3.63) is 30.1 Å². The predicted molar refractivity (Wildman–Crippen MR) is 41.8 cm³/mol. The number of halogens is 3. The van der Waals surface area contributed by atoms with E-state index in [1.807, 2.05) is 0 Å². The SMILES string of the molecule is N[C@@H](CC(F)(F)F)c1ccncc1. The Morgan fingerprint density at radius 1 is 1.31 bits per heavy atom. The van der Waals surface area contributed by atoms with Crippen molar-refractivity contribution in [3.8, 4) is 0 Å². The predicted octanol–water partition coefficient (Wildman–Crippen LogP) is 2.03. The summed E-state index contributed by atoms with van der Waals surface area (Å²) in [5.74, 6) is 0. The molecule has 1 heterocycles. The Morgan fingerprint density at radius 2 is 1.85 bits per heavy atom. The highest BCUT2D eigenvalue weighted by atomic mass is 19.4. The molecule has 5 heteroatoms. The highest BCUT2D eigenvalue weighted by molar-refractivity contribution is 5.14. The van der Waals surface area contributed by atoms with E-state index in [0.29, 0.717) is 5.56 Å². The van der Waals surface area contributed by atoms with E-state index in [9.17, 15) is 13.2 Å². The molecule has 0 aliphatic heterocycles. The first-order chi connectivity index (χ1) is 5.99. The van der Waals surface area contributed by atoms with Gasteiger partial charge >= 0.3 is 6.18 Å². The van der Waals surface area contributed by atoms with Crippen LogP contribution in [0.1, 0.15) is 18.0 Å². The van der Waals surface area contributed by atoms with Crippen LogP contribution < -0.4 is 5.73 Å². The minimum atomic E-state index is -4.22. The topological polar surface area (TPSA) is 38.9 Å². The Bertz CT molecular complexity index is 258. The van der Waals surface area contributed by atoms with Crippen LogP contribution in [-0.2, 0) is 0 Å². The molecule has 0 radical (unpaired) electrons. The summed E-state index contributed by atoms with van der Waals surface area (Å²) in [6, 6.07) is 1.97. The van der Waals surface area contributed by atoms with Crippen molar-refractivity contribution in [2.45, 2.75) is 18.6 Å². The van der Waals surface area contributed by atoms with Gasteiger partial charge in [0.2, 0.25) is 0 Å². The molecule has 0 spiro atoms. The van der Waals surface area contributed by atoms with Gasteiger partial charge in [-0.05, 0) is 17.7 Å². The second-order valence-corrected chi connectivity index (χ2v) is 2.71. The van der Waals surface area contributed by atoms with Crippen LogP contribution in [0.3, 0.4) is 0 Å². The fourth-order valence-electron chi connectivity index (χ4n) is 0.978. The smallest absolute Gasteiger partial charge is 0.324 e. The van der Waals surface area contributed by atoms with Gasteiger partial charge in [-0.2, -0.15) is 13.2 Å². The number of nitrogens with two attached hydrogens (primary N) is 1. The quantitative estimate of drug-likeness (QED) is 0.774. The van der Waals surface area contributed by atoms with Gasteiger partial charge < -0.3 is 5.73 Å². The van der Waals surface area contributed by atoms with E-state index >= 15 is 0 Å². The molecule has 0 fully saturated rings. The van der Waals surface area contributed by atoms with Gasteiger partial charge in [0.1, 0.15) is 0 Å². The Balaban J connectivity index is 2.64. The van der Waals surface area contributed by atoms with Gasteiger partial charge in [0.15, 0.2) is 0 Å². The molecule has 1 aromatic rings. The molecule has 0 saturated carbocycles. The van der Waals surface area contributed by atoms with Crippen LogP contribution in [0.5, 0.6) is 0 Å². The molecule has 1 atom stereocenters. The van der Waals surface area contributed by atoms with Crippen LogP contribution in [0.25, 0.3) is 0 Å². The number of hydrogen-bond donors (Lipinski definition) is 1. The molecule has 2 N–H and O–H groups in total. The molecular weight excluding hydrogens is 181 g/mol. The summed E-state index contributed by atoms with van der Waals surface area (Å²) in [6.45, 7) is 0. The first-order valence-electron chi connectivity index (χ1n) is 3.71. The molecular formula is C8H9F3N2. The molecule has 13 heavy (non-hydrogen) atoms. The molecule has 0 saturated heterocycles. The second kappa shape index (κ2) is 3.74. The van der Waals surface area contributed by atoms with Crippen molar-refractivity contribution < 1.29 is 13.2 Å². The third-order valence-electron chi connectivity index (χ3n) is 1.59. The Hall–Kier alpha value is -1.10. The molecule has 0 aromatic carbocycles. The van der Waals surface area contributed by atoms with E-state index in [2.05, 4.69) is 4.98 Å². The molecule has 0 aliphatic carbocycles. The van der Waals surface area contributed by atoms with Crippen LogP contribution in [0.2, 0.25) is 0 Å². The van der Waals surface area contributed by atoms with Crippen molar-refractivity contribution >= 4 is 0 Å². The van der Waals surface area contributed by atoms with Gasteiger partial charge in [-0.15, -0.1) is 0 Å². The normalized spacial score (nSPS) is 14.2. The van der Waals surface area contributed by atoms with Crippen LogP contribution in [0, 0.1) is 0 Å². The van der Waals surface area contributed by atoms with Crippen LogP contribution in [0.4, 0.5) is 13.2 Å². The molecule has 0 amide bonds. The van der Waals surface area contributed by atoms with Crippen LogP contribution in [-0.4, -0.2) is 11.2 Å². The maximum atomic E-state index is 11.9. The van der Waals surface area contributed by atoms with Gasteiger partial charge in [0.05, 0.1) is 6.42 Å². The van der Waals surface area contributed by atoms with Crippen molar-refractivity contribution in [2.24, 2.45) is 5.73 Å². The maximum Gasteiger partial charge on any atom is 0.390 e. The Labute approximate surface area is 73.6 Å². The lowest BCUT2D eigenvalue weighted by Gasteiger charge is -2.13. The lowest BCUT2D eigenvalue weighted by Crippen LogP contribution is -2.20. The fourth-order valence-corrected chi connectivity index (χ4v) is 0.978. The zero-order valence-electron chi connectivity index (χ0n) is 6.75. The lowest BCUT2D eigenvalue weighted by atomic mass is 10.1. The second-order valence-electron chi connectivity index (χ2n) is 2.71. The Morgan fingerprint density at radius 3 is 2.31 bits per heavy atom. The average Bonchev–Trinajstić information content (AvgIpc) is 2.03. The van der Waals surface area contributed by atoms with E-state index in [1.54, 1.807) is 0 Å². The van der Waals surface area contributed by atoms with Crippen molar-refractivity contribution in [1.29, 1.82) is 0 Å². The van der Waals surface area contributed by atoms with E-state index in [4.69, 9.17) is 5.73 Å². The van der Waals surface area contributed by atoms with Gasteiger partial charge in [-0.1, -0.05) is 0 Å². The largest absolute Gasteiger partial charge is 0.390 e. The van der Waals surface area contributed by atoms with Gasteiger partial charge in [-0.3, -0.25) is 4.98 Å². The minimum absolute atomic E-state index is 0.451. The van der Waals surface area contributed by atoms with Crippen molar-refractivity contribution in [1.82, 2.24) is 4.98 Å². The zero-order valence-corrected chi connectivity index (χ0v) is 6.75. The number of rotatable bonds is 2. The first-order valence-corrected chi connectivity index (χ1v) is 3.71. The zero-order chi connectivity index (χ0) is 9.90. The highest BCUT2D eigenvalue weighted by Gasteiger charge is 2.30. The lowest BCUT2D eigenvalue weighted by molar-refractivity contribution is -0.138. The molecule has 0 unspecified atom stereocenters. The van der Waals surface area contributed by atoms with Gasteiger partial charge in [0.25, 0.3) is 0 Å². The molecule has 2 nitrogen and oxygen atoms in total. The minimum Gasteiger partial charge on any atom is -0.324 e. The summed E-state index contributed by atoms with van der Waals surface area (Å²) >= 11 is 0. The average molecular weight is 190 g/mol. The van der Waals surface area contributed by atoms with Crippen LogP contribution in [0.15, 0.2) is 24.5 Å². The summed E-state index contributed by atoms with van der Waals surface area (Å²) in [5.41, 5.74) is 5.78. The molecule has 72 valence electrons. The summed E-state index contributed by atoms with van der Waals surface area (Å²) < 4.78 is 35.7. The highest BCUT2D eigenvalue weighted by Crippen LogP contribution is 2.27. The number of hydrogen-bond acceptors (Lipinski definition) is 2. The number of alkyl halides is 3. The number of nitrogens with zero attached hydrogens (tertiary/aromatic N) is 1. The van der Waals surface area contributed by atoms with Crippen LogP contribution >= 0.6 is 0 Å². The summed E-state index contributed by atoms with van der Waals surface area (Å²) in [7, 11) is 0. The molecule has 1 rings (SSSR count). The third-order valence-corrected chi connectivity index (χ3v) is 1.59. The first kappa shape index (κ1) is 9.98. The maximum absolute atomic E-state index is 11.9. The van der Waals surface area contributed by atoms with Gasteiger partial charge in [-0.25, -0.2) is 0 Å². The fraction of sp³-hybridized carbons (Fsp3) is 0.375. The monoisotopic (exact) mass is 190 g/mol. The summed E-state index contributed by atoms with van der Waals surface area (Å²) in [5, 5.41) is 0. The standard InChI is InChI=1S/C8H9F3N2/c9-8(10,11)5-7(12)6-1-3-13-4-2-6/h1-4,7H,5,12H2/t7-/m0/s1. The molecule has 1 aromatic heterocycles. The molecule has 0 bridgehead atoms. The third kappa shape index (κ3) is 3.42. The Kier molecular flexibility index (Phi) is 2.87. The molecule has 0 aliphatic rings. The summed E-state index contributed by atoms with van der Waals surface area (Å²) in [6.07, 6.45) is -2.38. The van der Waals surface area contributed by atoms with E-state index in [-0.39, 0.29) is 0 Å². The number of pyridine rings is 1. The number of aromatic nitrogens is 1. The summed E-state index contributed by atoms with van der Waals surface area (Å²) in [4.78, 5) is 3.69.